The zero-order chi connectivity index (χ0) is 21.5. The van der Waals surface area contributed by atoms with Crippen LogP contribution in [0.2, 0.25) is 18.1 Å². The van der Waals surface area contributed by atoms with Crippen molar-refractivity contribution in [2.24, 2.45) is 28.6 Å². The summed E-state index contributed by atoms with van der Waals surface area (Å²) in [5, 5.41) is 14.4. The normalized spacial score (nSPS) is 48.4. The zero-order valence-electron chi connectivity index (χ0n) is 20.3. The van der Waals surface area contributed by atoms with Crippen LogP contribution < -0.4 is 5.32 Å². The van der Waals surface area contributed by atoms with Gasteiger partial charge in [-0.1, -0.05) is 39.3 Å². The van der Waals surface area contributed by atoms with E-state index >= 15 is 0 Å². The molecule has 4 heteroatoms. The number of hydrogen-bond acceptors (Lipinski definition) is 3. The van der Waals surface area contributed by atoms with Gasteiger partial charge in [0, 0.05) is 18.0 Å². The molecule has 0 aromatic heterocycles. The SMILES string of the molecule is CC(C)(C)[Si](C)(C)O[C@H]1CC[C@H]2[C@@H]3CC=C4C[C@@H](O)CC[C@]4([C@@H]4CN4)[C@H]3CC[C@]12C. The minimum atomic E-state index is -1.74. The van der Waals surface area contributed by atoms with E-state index in [0.29, 0.717) is 23.0 Å². The molecule has 4 aliphatic carbocycles. The third-order valence-electron chi connectivity index (χ3n) is 10.9. The highest BCUT2D eigenvalue weighted by atomic mass is 28.4. The monoisotopic (exact) mass is 431 g/mol. The Morgan fingerprint density at radius 1 is 1.10 bits per heavy atom. The van der Waals surface area contributed by atoms with Crippen LogP contribution in [-0.4, -0.2) is 38.2 Å². The van der Waals surface area contributed by atoms with E-state index < -0.39 is 8.32 Å². The fourth-order valence-corrected chi connectivity index (χ4v) is 9.55. The van der Waals surface area contributed by atoms with Crippen LogP contribution in [0.15, 0.2) is 11.6 Å². The van der Waals surface area contributed by atoms with Gasteiger partial charge < -0.3 is 14.8 Å². The summed E-state index contributed by atoms with van der Waals surface area (Å²) in [4.78, 5) is 0. The van der Waals surface area contributed by atoms with Crippen molar-refractivity contribution in [2.75, 3.05) is 6.54 Å². The largest absolute Gasteiger partial charge is 0.413 e. The van der Waals surface area contributed by atoms with Crippen LogP contribution in [0.5, 0.6) is 0 Å². The van der Waals surface area contributed by atoms with Gasteiger partial charge in [0.2, 0.25) is 0 Å². The summed E-state index contributed by atoms with van der Waals surface area (Å²) in [6.07, 6.45) is 12.6. The molecule has 0 unspecified atom stereocenters. The number of rotatable bonds is 3. The molecule has 0 spiro atoms. The van der Waals surface area contributed by atoms with Crippen LogP contribution in [-0.2, 0) is 4.43 Å². The molecule has 0 amide bonds. The van der Waals surface area contributed by atoms with Crippen LogP contribution in [0.1, 0.15) is 79.1 Å². The van der Waals surface area contributed by atoms with Gasteiger partial charge in [-0.05, 0) is 92.7 Å². The van der Waals surface area contributed by atoms with Crippen molar-refractivity contribution in [1.82, 2.24) is 5.32 Å². The average molecular weight is 432 g/mol. The Morgan fingerprint density at radius 2 is 1.83 bits per heavy atom. The zero-order valence-corrected chi connectivity index (χ0v) is 21.3. The first kappa shape index (κ1) is 21.7. The Labute approximate surface area is 185 Å². The van der Waals surface area contributed by atoms with Crippen molar-refractivity contribution >= 4 is 8.32 Å². The fraction of sp³-hybridized carbons (Fsp3) is 0.923. The summed E-state index contributed by atoms with van der Waals surface area (Å²) in [6.45, 7) is 15.8. The molecule has 0 aromatic rings. The van der Waals surface area contributed by atoms with Crippen molar-refractivity contribution in [3.63, 3.8) is 0 Å². The molecule has 1 saturated heterocycles. The Kier molecular flexibility index (Phi) is 5.00. The predicted molar refractivity (Wildman–Crippen MR) is 126 cm³/mol. The number of aliphatic hydroxyl groups is 1. The number of aliphatic hydroxyl groups excluding tert-OH is 1. The number of allylic oxidation sites excluding steroid dienone is 1. The highest BCUT2D eigenvalue weighted by Gasteiger charge is 2.63. The molecule has 5 rings (SSSR count). The minimum absolute atomic E-state index is 0.109. The summed E-state index contributed by atoms with van der Waals surface area (Å²) in [6, 6.07) is 0.675. The molecule has 3 saturated carbocycles. The van der Waals surface area contributed by atoms with Gasteiger partial charge in [-0.2, -0.15) is 0 Å². The van der Waals surface area contributed by atoms with Crippen molar-refractivity contribution in [2.45, 2.75) is 115 Å². The Morgan fingerprint density at radius 3 is 2.50 bits per heavy atom. The maximum Gasteiger partial charge on any atom is 0.192 e. The van der Waals surface area contributed by atoms with Crippen LogP contribution in [0.4, 0.5) is 0 Å². The summed E-state index contributed by atoms with van der Waals surface area (Å²) in [5.41, 5.74) is 2.32. The minimum Gasteiger partial charge on any atom is -0.413 e. The van der Waals surface area contributed by atoms with Gasteiger partial charge in [-0.15, -0.1) is 0 Å². The molecule has 30 heavy (non-hydrogen) atoms. The summed E-state index contributed by atoms with van der Waals surface area (Å²) in [7, 11) is -1.74. The van der Waals surface area contributed by atoms with E-state index in [1.54, 1.807) is 5.57 Å². The summed E-state index contributed by atoms with van der Waals surface area (Å²) < 4.78 is 7.10. The highest BCUT2D eigenvalue weighted by molar-refractivity contribution is 6.74. The van der Waals surface area contributed by atoms with Gasteiger partial charge in [-0.25, -0.2) is 0 Å². The van der Waals surface area contributed by atoms with E-state index in [1.165, 1.54) is 45.1 Å². The average Bonchev–Trinajstić information content (AvgIpc) is 3.45. The Hall–Kier alpha value is -0.163. The molecule has 1 aliphatic heterocycles. The smallest absolute Gasteiger partial charge is 0.192 e. The van der Waals surface area contributed by atoms with Gasteiger partial charge in [0.05, 0.1) is 12.2 Å². The molecule has 5 aliphatic rings. The molecule has 0 radical (unpaired) electrons. The lowest BCUT2D eigenvalue weighted by Crippen LogP contribution is -2.56. The van der Waals surface area contributed by atoms with Crippen LogP contribution >= 0.6 is 0 Å². The van der Waals surface area contributed by atoms with E-state index in [1.807, 2.05) is 0 Å². The topological polar surface area (TPSA) is 51.4 Å². The van der Waals surface area contributed by atoms with Gasteiger partial charge in [0.15, 0.2) is 8.32 Å². The number of nitrogens with one attached hydrogen (secondary N) is 1. The second-order valence-corrected chi connectivity index (χ2v) is 18.0. The molecule has 0 aromatic carbocycles. The molecule has 0 bridgehead atoms. The molecule has 4 fully saturated rings. The fourth-order valence-electron chi connectivity index (χ4n) is 8.10. The van der Waals surface area contributed by atoms with E-state index in [0.717, 1.165) is 30.6 Å². The van der Waals surface area contributed by atoms with Gasteiger partial charge in [-0.3, -0.25) is 0 Å². The molecular formula is C26H45NO2Si. The van der Waals surface area contributed by atoms with Crippen molar-refractivity contribution in [3.8, 4) is 0 Å². The molecule has 170 valence electrons. The van der Waals surface area contributed by atoms with Crippen molar-refractivity contribution in [1.29, 1.82) is 0 Å². The first-order chi connectivity index (χ1) is 14.0. The Balaban J connectivity index is 1.42. The number of fused-ring (bicyclic) bond motifs is 5. The molecule has 8 atom stereocenters. The van der Waals surface area contributed by atoms with E-state index in [2.05, 4.69) is 52.2 Å². The maximum atomic E-state index is 10.4. The predicted octanol–water partition coefficient (Wildman–Crippen LogP) is 5.65. The van der Waals surface area contributed by atoms with Crippen molar-refractivity contribution < 1.29 is 9.53 Å². The molecule has 3 nitrogen and oxygen atoms in total. The van der Waals surface area contributed by atoms with Crippen LogP contribution in [0.3, 0.4) is 0 Å². The van der Waals surface area contributed by atoms with Crippen LogP contribution in [0.25, 0.3) is 0 Å². The van der Waals surface area contributed by atoms with Crippen LogP contribution in [0, 0.1) is 28.6 Å². The van der Waals surface area contributed by atoms with Gasteiger partial charge in [0.25, 0.3) is 0 Å². The summed E-state index contributed by atoms with van der Waals surface area (Å²) >= 11 is 0. The van der Waals surface area contributed by atoms with Crippen molar-refractivity contribution in [3.05, 3.63) is 11.6 Å². The second-order valence-electron chi connectivity index (χ2n) is 13.2. The quantitative estimate of drug-likeness (QED) is 0.345. The third-order valence-corrected chi connectivity index (χ3v) is 15.4. The standard InChI is InChI=1S/C26H45NO2Si/c1-24(2,3)30(5,6)29-23-10-9-20-19-8-7-17-15-18(28)11-14-26(17,22-16-27-22)21(19)12-13-25(20,23)4/h7,18-23,27-28H,8-16H2,1-6H3/t18-,19-,20-,21-,22-,23-,25-,26+/m0/s1. The molecular weight excluding hydrogens is 386 g/mol. The molecule has 2 N–H and O–H groups in total. The third kappa shape index (κ3) is 3.07. The first-order valence-corrected chi connectivity index (χ1v) is 15.7. The van der Waals surface area contributed by atoms with E-state index in [4.69, 9.17) is 4.43 Å². The van der Waals surface area contributed by atoms with E-state index in [9.17, 15) is 5.11 Å². The highest BCUT2D eigenvalue weighted by Crippen LogP contribution is 2.67. The summed E-state index contributed by atoms with van der Waals surface area (Å²) in [5.74, 6) is 2.44. The van der Waals surface area contributed by atoms with Gasteiger partial charge >= 0.3 is 0 Å². The first-order valence-electron chi connectivity index (χ1n) is 12.8. The molecule has 1 heterocycles. The lowest BCUT2D eigenvalue weighted by Gasteiger charge is -2.59. The Bertz CT molecular complexity index is 723. The van der Waals surface area contributed by atoms with E-state index in [-0.39, 0.29) is 11.1 Å². The second kappa shape index (κ2) is 6.92. The maximum absolute atomic E-state index is 10.4. The number of hydrogen-bond donors (Lipinski definition) is 2. The van der Waals surface area contributed by atoms with Gasteiger partial charge in [0.1, 0.15) is 0 Å². The lowest BCUT2D eigenvalue weighted by molar-refractivity contribution is -0.0729. The lowest BCUT2D eigenvalue weighted by atomic mass is 9.46.